The van der Waals surface area contributed by atoms with Gasteiger partial charge in [-0.3, -0.25) is 10.1 Å². The summed E-state index contributed by atoms with van der Waals surface area (Å²) >= 11 is 1.44. The van der Waals surface area contributed by atoms with Crippen LogP contribution in [0.3, 0.4) is 0 Å². The standard InChI is InChI=1S/C13H14N4O2S/c1-7-10(8(2)19-17-7)5-6-11(18)14-13-16-15-12(20-13)9-3-4-9/h5-6,9H,3-4H2,1-2H3,(H,14,16,18). The molecule has 0 unspecified atom stereocenters. The number of aromatic nitrogens is 3. The van der Waals surface area contributed by atoms with E-state index >= 15 is 0 Å². The van der Waals surface area contributed by atoms with E-state index in [1.165, 1.54) is 30.3 Å². The Hall–Kier alpha value is -2.02. The second-order valence-electron chi connectivity index (χ2n) is 4.78. The molecule has 1 fully saturated rings. The molecule has 20 heavy (non-hydrogen) atoms. The van der Waals surface area contributed by atoms with Crippen molar-refractivity contribution < 1.29 is 9.32 Å². The van der Waals surface area contributed by atoms with Gasteiger partial charge in [0.1, 0.15) is 10.8 Å². The molecule has 0 saturated heterocycles. The van der Waals surface area contributed by atoms with Gasteiger partial charge >= 0.3 is 0 Å². The van der Waals surface area contributed by atoms with E-state index < -0.39 is 0 Å². The molecule has 7 heteroatoms. The Kier molecular flexibility index (Phi) is 3.35. The molecular formula is C13H14N4O2S. The monoisotopic (exact) mass is 290 g/mol. The molecule has 1 aliphatic rings. The van der Waals surface area contributed by atoms with Crippen molar-refractivity contribution in [1.29, 1.82) is 0 Å². The van der Waals surface area contributed by atoms with Gasteiger partial charge in [-0.15, -0.1) is 10.2 Å². The van der Waals surface area contributed by atoms with Gasteiger partial charge in [0.2, 0.25) is 11.0 Å². The Morgan fingerprint density at radius 2 is 2.20 bits per heavy atom. The lowest BCUT2D eigenvalue weighted by Gasteiger charge is -1.94. The fourth-order valence-electron chi connectivity index (χ4n) is 1.81. The highest BCUT2D eigenvalue weighted by Gasteiger charge is 2.27. The topological polar surface area (TPSA) is 80.9 Å². The highest BCUT2D eigenvalue weighted by Crippen LogP contribution is 2.41. The van der Waals surface area contributed by atoms with E-state index in [9.17, 15) is 4.79 Å². The first kappa shape index (κ1) is 13.0. The summed E-state index contributed by atoms with van der Waals surface area (Å²) in [7, 11) is 0. The van der Waals surface area contributed by atoms with E-state index in [2.05, 4.69) is 20.7 Å². The van der Waals surface area contributed by atoms with E-state index in [1.54, 1.807) is 6.08 Å². The predicted octanol–water partition coefficient (Wildman–Crippen LogP) is 2.67. The first-order chi connectivity index (χ1) is 9.63. The predicted molar refractivity (Wildman–Crippen MR) is 75.5 cm³/mol. The zero-order valence-corrected chi connectivity index (χ0v) is 12.0. The minimum Gasteiger partial charge on any atom is -0.361 e. The van der Waals surface area contributed by atoms with Crippen LogP contribution in [-0.2, 0) is 4.79 Å². The summed E-state index contributed by atoms with van der Waals surface area (Å²) in [5.74, 6) is 1.01. The summed E-state index contributed by atoms with van der Waals surface area (Å²) in [6, 6.07) is 0. The van der Waals surface area contributed by atoms with Gasteiger partial charge in [0.15, 0.2) is 0 Å². The SMILES string of the molecule is Cc1noc(C)c1C=CC(=O)Nc1nnc(C2CC2)s1. The number of nitrogens with one attached hydrogen (secondary N) is 1. The summed E-state index contributed by atoms with van der Waals surface area (Å²) in [6.07, 6.45) is 5.49. The number of rotatable bonds is 4. The third kappa shape index (κ3) is 2.77. The number of anilines is 1. The van der Waals surface area contributed by atoms with Gasteiger partial charge in [-0.2, -0.15) is 0 Å². The third-order valence-electron chi connectivity index (χ3n) is 3.09. The lowest BCUT2D eigenvalue weighted by molar-refractivity contribution is -0.111. The Labute approximate surface area is 119 Å². The van der Waals surface area contributed by atoms with Gasteiger partial charge in [0.05, 0.1) is 5.69 Å². The van der Waals surface area contributed by atoms with Crippen molar-refractivity contribution in [2.24, 2.45) is 0 Å². The van der Waals surface area contributed by atoms with Crippen molar-refractivity contribution in [3.63, 3.8) is 0 Å². The summed E-state index contributed by atoms with van der Waals surface area (Å²) in [4.78, 5) is 11.8. The van der Waals surface area contributed by atoms with Crippen molar-refractivity contribution in [3.05, 3.63) is 28.1 Å². The average Bonchev–Trinajstić information content (AvgIpc) is 3.09. The maximum absolute atomic E-state index is 11.8. The molecule has 2 aromatic rings. The van der Waals surface area contributed by atoms with Gasteiger partial charge in [-0.05, 0) is 32.8 Å². The van der Waals surface area contributed by atoms with Crippen LogP contribution in [0.25, 0.3) is 6.08 Å². The van der Waals surface area contributed by atoms with Crippen molar-refractivity contribution in [2.75, 3.05) is 5.32 Å². The Balaban J connectivity index is 1.64. The van der Waals surface area contributed by atoms with Crippen LogP contribution in [-0.4, -0.2) is 21.3 Å². The van der Waals surface area contributed by atoms with Crippen LogP contribution in [0.1, 0.15) is 40.8 Å². The number of carbonyl (C=O) groups is 1. The lowest BCUT2D eigenvalue weighted by Crippen LogP contribution is -2.07. The normalized spacial score (nSPS) is 14.9. The Morgan fingerprint density at radius 1 is 1.40 bits per heavy atom. The quantitative estimate of drug-likeness (QED) is 0.875. The fraction of sp³-hybridized carbons (Fsp3) is 0.385. The molecule has 1 saturated carbocycles. The highest BCUT2D eigenvalue weighted by molar-refractivity contribution is 7.15. The molecule has 0 radical (unpaired) electrons. The van der Waals surface area contributed by atoms with E-state index in [0.29, 0.717) is 16.8 Å². The molecule has 3 rings (SSSR count). The van der Waals surface area contributed by atoms with Crippen LogP contribution in [0.4, 0.5) is 5.13 Å². The molecule has 0 spiro atoms. The molecule has 0 aliphatic heterocycles. The number of amides is 1. The molecule has 2 aromatic heterocycles. The smallest absolute Gasteiger partial charge is 0.250 e. The summed E-state index contributed by atoms with van der Waals surface area (Å²) in [5.41, 5.74) is 1.59. The second-order valence-corrected chi connectivity index (χ2v) is 5.79. The molecule has 0 atom stereocenters. The fourth-order valence-corrected chi connectivity index (χ4v) is 2.73. The minimum atomic E-state index is -0.233. The average molecular weight is 290 g/mol. The minimum absolute atomic E-state index is 0.233. The molecule has 0 aromatic carbocycles. The number of hydrogen-bond donors (Lipinski definition) is 1. The van der Waals surface area contributed by atoms with Crippen molar-refractivity contribution in [2.45, 2.75) is 32.6 Å². The van der Waals surface area contributed by atoms with Crippen LogP contribution in [0.2, 0.25) is 0 Å². The molecule has 2 heterocycles. The van der Waals surface area contributed by atoms with Gasteiger partial charge in [-0.1, -0.05) is 16.5 Å². The van der Waals surface area contributed by atoms with Crippen molar-refractivity contribution in [3.8, 4) is 0 Å². The number of carbonyl (C=O) groups excluding carboxylic acids is 1. The van der Waals surface area contributed by atoms with Crippen LogP contribution >= 0.6 is 11.3 Å². The highest BCUT2D eigenvalue weighted by atomic mass is 32.1. The maximum atomic E-state index is 11.8. The van der Waals surface area contributed by atoms with Gasteiger partial charge in [0.25, 0.3) is 0 Å². The summed E-state index contributed by atoms with van der Waals surface area (Å²) in [6.45, 7) is 3.64. The van der Waals surface area contributed by atoms with Crippen LogP contribution in [0, 0.1) is 13.8 Å². The number of nitrogens with zero attached hydrogens (tertiary/aromatic N) is 3. The Morgan fingerprint density at radius 3 is 2.85 bits per heavy atom. The summed E-state index contributed by atoms with van der Waals surface area (Å²) < 4.78 is 5.03. The Bertz CT molecular complexity index is 650. The van der Waals surface area contributed by atoms with Gasteiger partial charge in [-0.25, -0.2) is 0 Å². The van der Waals surface area contributed by atoms with Gasteiger partial charge < -0.3 is 4.52 Å². The maximum Gasteiger partial charge on any atom is 0.250 e. The van der Waals surface area contributed by atoms with E-state index in [0.717, 1.165) is 16.3 Å². The first-order valence-corrected chi connectivity index (χ1v) is 7.20. The zero-order chi connectivity index (χ0) is 14.1. The molecule has 1 amide bonds. The van der Waals surface area contributed by atoms with Crippen molar-refractivity contribution in [1.82, 2.24) is 15.4 Å². The van der Waals surface area contributed by atoms with E-state index in [1.807, 2.05) is 13.8 Å². The summed E-state index contributed by atoms with van der Waals surface area (Å²) in [5, 5.41) is 16.1. The number of aryl methyl sites for hydroxylation is 2. The van der Waals surface area contributed by atoms with Gasteiger partial charge in [0, 0.05) is 17.6 Å². The molecular weight excluding hydrogens is 276 g/mol. The van der Waals surface area contributed by atoms with Crippen molar-refractivity contribution >= 4 is 28.5 Å². The number of hydrogen-bond acceptors (Lipinski definition) is 6. The largest absolute Gasteiger partial charge is 0.361 e. The molecule has 1 N–H and O–H groups in total. The lowest BCUT2D eigenvalue weighted by atomic mass is 10.2. The first-order valence-electron chi connectivity index (χ1n) is 6.39. The van der Waals surface area contributed by atoms with Crippen LogP contribution in [0.15, 0.2) is 10.6 Å². The zero-order valence-electron chi connectivity index (χ0n) is 11.2. The molecule has 0 bridgehead atoms. The second kappa shape index (κ2) is 5.16. The third-order valence-corrected chi connectivity index (χ3v) is 4.09. The van der Waals surface area contributed by atoms with E-state index in [4.69, 9.17) is 4.52 Å². The van der Waals surface area contributed by atoms with Crippen LogP contribution in [0.5, 0.6) is 0 Å². The molecule has 6 nitrogen and oxygen atoms in total. The van der Waals surface area contributed by atoms with E-state index in [-0.39, 0.29) is 5.91 Å². The molecule has 1 aliphatic carbocycles. The molecule has 104 valence electrons. The van der Waals surface area contributed by atoms with Crippen LogP contribution < -0.4 is 5.32 Å².